The quantitative estimate of drug-likeness (QED) is 0.856. The first kappa shape index (κ1) is 11.8. The van der Waals surface area contributed by atoms with Gasteiger partial charge in [-0.15, -0.1) is 0 Å². The molecule has 2 aromatic rings. The molecular formula is C15H16FN. The Balaban J connectivity index is 2.31. The third kappa shape index (κ3) is 2.53. The highest BCUT2D eigenvalue weighted by molar-refractivity contribution is 5.63. The lowest BCUT2D eigenvalue weighted by atomic mass is 9.95. The zero-order valence-electron chi connectivity index (χ0n) is 9.86. The van der Waals surface area contributed by atoms with Crippen LogP contribution in [-0.4, -0.2) is 6.54 Å². The maximum atomic E-state index is 14.0. The van der Waals surface area contributed by atoms with Gasteiger partial charge >= 0.3 is 0 Å². The maximum absolute atomic E-state index is 14.0. The molecule has 0 saturated heterocycles. The van der Waals surface area contributed by atoms with E-state index < -0.39 is 5.67 Å². The molecule has 0 bridgehead atoms. The van der Waals surface area contributed by atoms with Gasteiger partial charge in [0.05, 0.1) is 0 Å². The van der Waals surface area contributed by atoms with Crippen LogP contribution in [0.3, 0.4) is 0 Å². The molecule has 2 heteroatoms. The summed E-state index contributed by atoms with van der Waals surface area (Å²) in [6.07, 6.45) is 0. The van der Waals surface area contributed by atoms with Crippen LogP contribution in [0.2, 0.25) is 0 Å². The van der Waals surface area contributed by atoms with Crippen molar-refractivity contribution >= 4 is 0 Å². The first-order chi connectivity index (χ1) is 8.13. The van der Waals surface area contributed by atoms with Gasteiger partial charge in [0.1, 0.15) is 5.67 Å². The molecule has 0 aliphatic heterocycles. The van der Waals surface area contributed by atoms with Crippen LogP contribution in [0.4, 0.5) is 4.39 Å². The molecule has 1 atom stereocenters. The number of halogens is 1. The first-order valence-electron chi connectivity index (χ1n) is 5.68. The fourth-order valence-electron chi connectivity index (χ4n) is 1.76. The monoisotopic (exact) mass is 229 g/mol. The van der Waals surface area contributed by atoms with Crippen LogP contribution < -0.4 is 5.73 Å². The molecule has 1 unspecified atom stereocenters. The lowest BCUT2D eigenvalue weighted by Crippen LogP contribution is -2.26. The zero-order chi connectivity index (χ0) is 12.3. The fraction of sp³-hybridized carbons (Fsp3) is 0.200. The van der Waals surface area contributed by atoms with E-state index in [1.807, 2.05) is 42.5 Å². The van der Waals surface area contributed by atoms with Gasteiger partial charge in [0.2, 0.25) is 0 Å². The normalized spacial score (nSPS) is 14.3. The van der Waals surface area contributed by atoms with Crippen molar-refractivity contribution in [2.75, 3.05) is 6.54 Å². The molecule has 0 spiro atoms. The largest absolute Gasteiger partial charge is 0.327 e. The lowest BCUT2D eigenvalue weighted by Gasteiger charge is -2.18. The lowest BCUT2D eigenvalue weighted by molar-refractivity contribution is 0.203. The Labute approximate surface area is 101 Å². The molecule has 0 aromatic heterocycles. The van der Waals surface area contributed by atoms with E-state index in [2.05, 4.69) is 0 Å². The number of rotatable bonds is 3. The molecule has 0 fully saturated rings. The summed E-state index contributed by atoms with van der Waals surface area (Å²) in [5, 5.41) is 0. The Bertz CT molecular complexity index is 474. The summed E-state index contributed by atoms with van der Waals surface area (Å²) >= 11 is 0. The van der Waals surface area contributed by atoms with Crippen LogP contribution in [-0.2, 0) is 5.67 Å². The van der Waals surface area contributed by atoms with Gasteiger partial charge in [-0.1, -0.05) is 54.6 Å². The van der Waals surface area contributed by atoms with Gasteiger partial charge in [-0.05, 0) is 23.6 Å². The van der Waals surface area contributed by atoms with Crippen molar-refractivity contribution in [3.05, 3.63) is 60.2 Å². The second-order valence-electron chi connectivity index (χ2n) is 4.34. The molecule has 2 rings (SSSR count). The van der Waals surface area contributed by atoms with Gasteiger partial charge in [-0.25, -0.2) is 4.39 Å². The van der Waals surface area contributed by atoms with Gasteiger partial charge in [0.15, 0.2) is 0 Å². The molecule has 0 amide bonds. The zero-order valence-corrected chi connectivity index (χ0v) is 9.86. The Kier molecular flexibility index (Phi) is 3.25. The second-order valence-corrected chi connectivity index (χ2v) is 4.34. The van der Waals surface area contributed by atoms with Crippen molar-refractivity contribution < 1.29 is 4.39 Å². The Morgan fingerprint density at radius 2 is 1.47 bits per heavy atom. The molecule has 0 radical (unpaired) electrons. The summed E-state index contributed by atoms with van der Waals surface area (Å²) in [6, 6.07) is 17.5. The number of nitrogens with two attached hydrogens (primary N) is 1. The van der Waals surface area contributed by atoms with E-state index >= 15 is 0 Å². The van der Waals surface area contributed by atoms with E-state index in [1.54, 1.807) is 12.1 Å². The molecule has 88 valence electrons. The average molecular weight is 229 g/mol. The summed E-state index contributed by atoms with van der Waals surface area (Å²) < 4.78 is 14.0. The van der Waals surface area contributed by atoms with E-state index in [9.17, 15) is 4.39 Å². The van der Waals surface area contributed by atoms with Crippen LogP contribution in [0.1, 0.15) is 12.5 Å². The Morgan fingerprint density at radius 3 is 2.00 bits per heavy atom. The van der Waals surface area contributed by atoms with E-state index in [0.29, 0.717) is 5.56 Å². The molecule has 0 saturated carbocycles. The second kappa shape index (κ2) is 4.68. The average Bonchev–Trinajstić information content (AvgIpc) is 2.40. The van der Waals surface area contributed by atoms with E-state index in [1.165, 1.54) is 6.92 Å². The van der Waals surface area contributed by atoms with Crippen LogP contribution in [0, 0.1) is 0 Å². The molecule has 0 heterocycles. The summed E-state index contributed by atoms with van der Waals surface area (Å²) in [4.78, 5) is 0. The highest BCUT2D eigenvalue weighted by atomic mass is 19.1. The SMILES string of the molecule is CC(F)(CN)c1ccc(-c2ccccc2)cc1. The molecule has 2 N–H and O–H groups in total. The minimum absolute atomic E-state index is 0.00230. The van der Waals surface area contributed by atoms with Gasteiger partial charge in [-0.3, -0.25) is 0 Å². The fourth-order valence-corrected chi connectivity index (χ4v) is 1.76. The van der Waals surface area contributed by atoms with Crippen molar-refractivity contribution in [3.8, 4) is 11.1 Å². The van der Waals surface area contributed by atoms with Crippen molar-refractivity contribution in [3.63, 3.8) is 0 Å². The number of benzene rings is 2. The molecule has 17 heavy (non-hydrogen) atoms. The van der Waals surface area contributed by atoms with Gasteiger partial charge in [0, 0.05) is 6.54 Å². The molecular weight excluding hydrogens is 213 g/mol. The Morgan fingerprint density at radius 1 is 0.941 bits per heavy atom. The summed E-state index contributed by atoms with van der Waals surface area (Å²) in [5.41, 5.74) is 6.81. The van der Waals surface area contributed by atoms with Gasteiger partial charge in [-0.2, -0.15) is 0 Å². The number of alkyl halides is 1. The third-order valence-electron chi connectivity index (χ3n) is 2.98. The summed E-state index contributed by atoms with van der Waals surface area (Å²) in [6.45, 7) is 1.50. The Hall–Kier alpha value is -1.67. The van der Waals surface area contributed by atoms with Crippen LogP contribution >= 0.6 is 0 Å². The molecule has 0 aliphatic carbocycles. The standard InChI is InChI=1S/C15H16FN/c1-15(16,11-17)14-9-7-13(8-10-14)12-5-3-2-4-6-12/h2-10H,11,17H2,1H3. The highest BCUT2D eigenvalue weighted by Crippen LogP contribution is 2.27. The van der Waals surface area contributed by atoms with E-state index in [0.717, 1.165) is 11.1 Å². The van der Waals surface area contributed by atoms with Crippen molar-refractivity contribution in [2.24, 2.45) is 5.73 Å². The topological polar surface area (TPSA) is 26.0 Å². The molecule has 2 aromatic carbocycles. The van der Waals surface area contributed by atoms with Gasteiger partial charge in [0.25, 0.3) is 0 Å². The predicted octanol–water partition coefficient (Wildman–Crippen LogP) is 3.50. The van der Waals surface area contributed by atoms with Crippen LogP contribution in [0.5, 0.6) is 0 Å². The minimum Gasteiger partial charge on any atom is -0.327 e. The number of hydrogen-bond acceptors (Lipinski definition) is 1. The van der Waals surface area contributed by atoms with Crippen molar-refractivity contribution in [2.45, 2.75) is 12.6 Å². The minimum atomic E-state index is -1.45. The first-order valence-corrected chi connectivity index (χ1v) is 5.68. The smallest absolute Gasteiger partial charge is 0.145 e. The van der Waals surface area contributed by atoms with Gasteiger partial charge < -0.3 is 5.73 Å². The van der Waals surface area contributed by atoms with Crippen LogP contribution in [0.25, 0.3) is 11.1 Å². The molecule has 0 aliphatic rings. The van der Waals surface area contributed by atoms with Crippen LogP contribution in [0.15, 0.2) is 54.6 Å². The summed E-state index contributed by atoms with van der Waals surface area (Å²) in [5.74, 6) is 0. The maximum Gasteiger partial charge on any atom is 0.145 e. The third-order valence-corrected chi connectivity index (χ3v) is 2.98. The molecule has 1 nitrogen and oxygen atoms in total. The van der Waals surface area contributed by atoms with Crippen molar-refractivity contribution in [1.29, 1.82) is 0 Å². The number of hydrogen-bond donors (Lipinski definition) is 1. The summed E-state index contributed by atoms with van der Waals surface area (Å²) in [7, 11) is 0. The van der Waals surface area contributed by atoms with Crippen molar-refractivity contribution in [1.82, 2.24) is 0 Å². The van der Waals surface area contributed by atoms with E-state index in [4.69, 9.17) is 5.73 Å². The van der Waals surface area contributed by atoms with E-state index in [-0.39, 0.29) is 6.54 Å². The highest BCUT2D eigenvalue weighted by Gasteiger charge is 2.23. The predicted molar refractivity (Wildman–Crippen MR) is 69.4 cm³/mol.